The van der Waals surface area contributed by atoms with Crippen molar-refractivity contribution in [2.45, 2.75) is 6.04 Å². The molecule has 0 aliphatic carbocycles. The first-order valence-corrected chi connectivity index (χ1v) is 10.5. The number of anilines is 1. The second kappa shape index (κ2) is 8.11. The molecular weight excluding hydrogens is 354 g/mol. The predicted molar refractivity (Wildman–Crippen MR) is 101 cm³/mol. The third-order valence-electron chi connectivity index (χ3n) is 4.60. The average Bonchev–Trinajstić information content (AvgIpc) is 3.16. The van der Waals surface area contributed by atoms with E-state index < -0.39 is 10.0 Å². The zero-order valence-electron chi connectivity index (χ0n) is 15.1. The maximum Gasteiger partial charge on any atom is 0.208 e. The lowest BCUT2D eigenvalue weighted by Gasteiger charge is -2.39. The van der Waals surface area contributed by atoms with Crippen molar-refractivity contribution in [1.29, 1.82) is 0 Å². The van der Waals surface area contributed by atoms with E-state index in [0.29, 0.717) is 6.54 Å². The van der Waals surface area contributed by atoms with Crippen molar-refractivity contribution in [3.63, 3.8) is 0 Å². The standard InChI is InChI=1S/C18H25N3O4S/c1-24-16-7-5-15(6-8-16)20-9-11-21(12-10-20)17(14-19-26(2,22)23)18-4-3-13-25-18/h3-8,13,17,19H,9-12,14H2,1-2H3/t17-/m1/s1. The number of hydrogen-bond acceptors (Lipinski definition) is 6. The number of sulfonamides is 1. The van der Waals surface area contributed by atoms with E-state index in [1.54, 1.807) is 13.4 Å². The van der Waals surface area contributed by atoms with Gasteiger partial charge in [0.25, 0.3) is 0 Å². The van der Waals surface area contributed by atoms with Crippen LogP contribution in [-0.2, 0) is 10.0 Å². The van der Waals surface area contributed by atoms with Gasteiger partial charge in [0.2, 0.25) is 10.0 Å². The molecule has 1 fully saturated rings. The van der Waals surface area contributed by atoms with E-state index in [4.69, 9.17) is 9.15 Å². The number of hydrogen-bond donors (Lipinski definition) is 1. The molecule has 1 aromatic heterocycles. The predicted octanol–water partition coefficient (Wildman–Crippen LogP) is 1.70. The minimum absolute atomic E-state index is 0.113. The van der Waals surface area contributed by atoms with E-state index in [9.17, 15) is 8.42 Å². The van der Waals surface area contributed by atoms with Gasteiger partial charge in [-0.15, -0.1) is 0 Å². The zero-order chi connectivity index (χ0) is 18.6. The molecule has 2 aromatic rings. The molecule has 1 aliphatic heterocycles. The highest BCUT2D eigenvalue weighted by Gasteiger charge is 2.27. The van der Waals surface area contributed by atoms with Crippen molar-refractivity contribution in [3.05, 3.63) is 48.4 Å². The molecule has 3 rings (SSSR count). The molecule has 0 radical (unpaired) electrons. The van der Waals surface area contributed by atoms with E-state index in [2.05, 4.69) is 26.7 Å². The lowest BCUT2D eigenvalue weighted by Crippen LogP contribution is -2.49. The fraction of sp³-hybridized carbons (Fsp3) is 0.444. The van der Waals surface area contributed by atoms with Crippen molar-refractivity contribution in [3.8, 4) is 5.75 Å². The van der Waals surface area contributed by atoms with E-state index in [1.807, 2.05) is 24.3 Å². The third kappa shape index (κ3) is 4.78. The van der Waals surface area contributed by atoms with Crippen molar-refractivity contribution in [1.82, 2.24) is 9.62 Å². The van der Waals surface area contributed by atoms with Gasteiger partial charge in [0.05, 0.1) is 25.7 Å². The highest BCUT2D eigenvalue weighted by molar-refractivity contribution is 7.88. The van der Waals surface area contributed by atoms with Crippen molar-refractivity contribution >= 4 is 15.7 Å². The van der Waals surface area contributed by atoms with Crippen molar-refractivity contribution in [2.24, 2.45) is 0 Å². The van der Waals surface area contributed by atoms with E-state index in [-0.39, 0.29) is 6.04 Å². The van der Waals surface area contributed by atoms with Gasteiger partial charge in [-0.05, 0) is 36.4 Å². The number of nitrogens with one attached hydrogen (secondary N) is 1. The van der Waals surface area contributed by atoms with E-state index >= 15 is 0 Å². The van der Waals surface area contributed by atoms with Gasteiger partial charge in [0, 0.05) is 38.4 Å². The van der Waals surface area contributed by atoms with Crippen LogP contribution in [0.5, 0.6) is 5.75 Å². The van der Waals surface area contributed by atoms with Gasteiger partial charge < -0.3 is 14.1 Å². The summed E-state index contributed by atoms with van der Waals surface area (Å²) in [5.41, 5.74) is 1.16. The number of furan rings is 1. The summed E-state index contributed by atoms with van der Waals surface area (Å²) >= 11 is 0. The molecule has 26 heavy (non-hydrogen) atoms. The van der Waals surface area contributed by atoms with Crippen LogP contribution in [0.15, 0.2) is 47.1 Å². The Morgan fingerprint density at radius 3 is 2.38 bits per heavy atom. The summed E-state index contributed by atoms with van der Waals surface area (Å²) in [6.07, 6.45) is 2.80. The topological polar surface area (TPSA) is 75.0 Å². The Labute approximate surface area is 154 Å². The minimum Gasteiger partial charge on any atom is -0.497 e. The smallest absolute Gasteiger partial charge is 0.208 e. The van der Waals surface area contributed by atoms with Crippen LogP contribution in [0.1, 0.15) is 11.8 Å². The Kier molecular flexibility index (Phi) is 5.85. The Morgan fingerprint density at radius 2 is 1.85 bits per heavy atom. The number of nitrogens with zero attached hydrogens (tertiary/aromatic N) is 2. The number of ether oxygens (including phenoxy) is 1. The SMILES string of the molecule is COc1ccc(N2CCN([C@H](CNS(C)(=O)=O)c3ccco3)CC2)cc1. The van der Waals surface area contributed by atoms with Gasteiger partial charge in [0.15, 0.2) is 0 Å². The lowest BCUT2D eigenvalue weighted by atomic mass is 10.1. The van der Waals surface area contributed by atoms with Crippen LogP contribution in [-0.4, -0.2) is 59.4 Å². The van der Waals surface area contributed by atoms with Gasteiger partial charge in [-0.25, -0.2) is 13.1 Å². The highest BCUT2D eigenvalue weighted by Crippen LogP contribution is 2.25. The largest absolute Gasteiger partial charge is 0.497 e. The average molecular weight is 379 g/mol. The molecule has 2 heterocycles. The molecule has 0 saturated carbocycles. The minimum atomic E-state index is -3.25. The second-order valence-electron chi connectivity index (χ2n) is 6.37. The molecular formula is C18H25N3O4S. The van der Waals surface area contributed by atoms with Gasteiger partial charge in [-0.2, -0.15) is 0 Å². The van der Waals surface area contributed by atoms with Gasteiger partial charge in [0.1, 0.15) is 11.5 Å². The molecule has 142 valence electrons. The van der Waals surface area contributed by atoms with Gasteiger partial charge in [-0.3, -0.25) is 4.90 Å². The molecule has 8 heteroatoms. The second-order valence-corrected chi connectivity index (χ2v) is 8.21. The Balaban J connectivity index is 1.65. The van der Waals surface area contributed by atoms with E-state index in [1.165, 1.54) is 6.26 Å². The van der Waals surface area contributed by atoms with E-state index in [0.717, 1.165) is 43.4 Å². The zero-order valence-corrected chi connectivity index (χ0v) is 15.9. The van der Waals surface area contributed by atoms with Crippen LogP contribution in [0.25, 0.3) is 0 Å². The maximum atomic E-state index is 11.5. The van der Waals surface area contributed by atoms with Crippen LogP contribution in [0.2, 0.25) is 0 Å². The van der Waals surface area contributed by atoms with Crippen LogP contribution < -0.4 is 14.4 Å². The van der Waals surface area contributed by atoms with Crippen molar-refractivity contribution < 1.29 is 17.6 Å². The Morgan fingerprint density at radius 1 is 1.15 bits per heavy atom. The van der Waals surface area contributed by atoms with Gasteiger partial charge >= 0.3 is 0 Å². The maximum absolute atomic E-state index is 11.5. The first-order chi connectivity index (χ1) is 12.5. The molecule has 0 bridgehead atoms. The molecule has 1 N–H and O–H groups in total. The Hall–Kier alpha value is -2.03. The molecule has 0 amide bonds. The number of piperazine rings is 1. The number of rotatable bonds is 7. The molecule has 0 spiro atoms. The summed E-state index contributed by atoms with van der Waals surface area (Å²) in [7, 11) is -1.59. The highest BCUT2D eigenvalue weighted by atomic mass is 32.2. The molecule has 0 unspecified atom stereocenters. The number of methoxy groups -OCH3 is 1. The number of benzene rings is 1. The summed E-state index contributed by atoms with van der Waals surface area (Å²) in [6.45, 7) is 3.67. The summed E-state index contributed by atoms with van der Waals surface area (Å²) in [5, 5.41) is 0. The third-order valence-corrected chi connectivity index (χ3v) is 5.29. The van der Waals surface area contributed by atoms with Crippen molar-refractivity contribution in [2.75, 3.05) is 51.0 Å². The van der Waals surface area contributed by atoms with Crippen LogP contribution >= 0.6 is 0 Å². The molecule has 1 aromatic carbocycles. The quantitative estimate of drug-likeness (QED) is 0.789. The lowest BCUT2D eigenvalue weighted by molar-refractivity contribution is 0.166. The summed E-state index contributed by atoms with van der Waals surface area (Å²) in [4.78, 5) is 4.58. The van der Waals surface area contributed by atoms with Crippen LogP contribution in [0, 0.1) is 0 Å². The summed E-state index contributed by atoms with van der Waals surface area (Å²) in [5.74, 6) is 1.62. The van der Waals surface area contributed by atoms with Crippen LogP contribution in [0.4, 0.5) is 5.69 Å². The fourth-order valence-electron chi connectivity index (χ4n) is 3.21. The first-order valence-electron chi connectivity index (χ1n) is 8.57. The normalized spacial score (nSPS) is 17.2. The monoisotopic (exact) mass is 379 g/mol. The van der Waals surface area contributed by atoms with Gasteiger partial charge in [-0.1, -0.05) is 0 Å². The first kappa shape index (κ1) is 18.8. The molecule has 1 aliphatic rings. The fourth-order valence-corrected chi connectivity index (χ4v) is 3.67. The Bertz CT molecular complexity index is 782. The van der Waals surface area contributed by atoms with Crippen LogP contribution in [0.3, 0.4) is 0 Å². The molecule has 7 nitrogen and oxygen atoms in total. The molecule has 1 saturated heterocycles. The summed E-state index contributed by atoms with van der Waals surface area (Å²) in [6, 6.07) is 11.7. The summed E-state index contributed by atoms with van der Waals surface area (Å²) < 4.78 is 36.4. The molecule has 1 atom stereocenters.